The lowest BCUT2D eigenvalue weighted by Crippen LogP contribution is -2.37. The molecule has 3 rings (SSSR count). The van der Waals surface area contributed by atoms with Crippen molar-refractivity contribution in [2.75, 3.05) is 18.4 Å². The first kappa shape index (κ1) is 21.2. The van der Waals surface area contributed by atoms with Crippen LogP contribution in [0.5, 0.6) is 0 Å². The number of amides is 2. The molecular formula is C23H25FN4O2. The molecule has 0 unspecified atom stereocenters. The summed E-state index contributed by atoms with van der Waals surface area (Å²) in [5, 5.41) is 7.45. The summed E-state index contributed by atoms with van der Waals surface area (Å²) in [7, 11) is 0. The van der Waals surface area contributed by atoms with Gasteiger partial charge in [-0.3, -0.25) is 9.59 Å². The second kappa shape index (κ2) is 9.82. The SMILES string of the molecule is CCCCN(CC(=O)Nc1cc(-c2ccccc2)nn1-c1ccc(F)cc1)C(C)=O. The summed E-state index contributed by atoms with van der Waals surface area (Å²) >= 11 is 0. The fourth-order valence-electron chi connectivity index (χ4n) is 3.05. The third kappa shape index (κ3) is 5.31. The molecule has 3 aromatic rings. The van der Waals surface area contributed by atoms with Crippen LogP contribution in [0, 0.1) is 5.82 Å². The van der Waals surface area contributed by atoms with Crippen molar-refractivity contribution in [1.82, 2.24) is 14.7 Å². The van der Waals surface area contributed by atoms with Gasteiger partial charge in [0.15, 0.2) is 0 Å². The Morgan fingerprint density at radius 3 is 2.43 bits per heavy atom. The summed E-state index contributed by atoms with van der Waals surface area (Å²) in [6.07, 6.45) is 1.77. The van der Waals surface area contributed by atoms with Gasteiger partial charge in [-0.15, -0.1) is 0 Å². The van der Waals surface area contributed by atoms with Gasteiger partial charge in [0.25, 0.3) is 0 Å². The van der Waals surface area contributed by atoms with Crippen LogP contribution < -0.4 is 5.32 Å². The lowest BCUT2D eigenvalue weighted by molar-refractivity contribution is -0.132. The largest absolute Gasteiger partial charge is 0.334 e. The van der Waals surface area contributed by atoms with E-state index >= 15 is 0 Å². The maximum absolute atomic E-state index is 13.4. The van der Waals surface area contributed by atoms with E-state index in [1.807, 2.05) is 37.3 Å². The van der Waals surface area contributed by atoms with Crippen LogP contribution in [0.1, 0.15) is 26.7 Å². The number of rotatable bonds is 8. The minimum absolute atomic E-state index is 0.0371. The van der Waals surface area contributed by atoms with Gasteiger partial charge in [-0.2, -0.15) is 5.10 Å². The molecule has 1 aromatic heterocycles. The van der Waals surface area contributed by atoms with Crippen LogP contribution >= 0.6 is 0 Å². The average molecular weight is 408 g/mol. The molecule has 1 N–H and O–H groups in total. The van der Waals surface area contributed by atoms with Crippen molar-refractivity contribution >= 4 is 17.6 Å². The highest BCUT2D eigenvalue weighted by atomic mass is 19.1. The highest BCUT2D eigenvalue weighted by Gasteiger charge is 2.17. The summed E-state index contributed by atoms with van der Waals surface area (Å²) in [5.41, 5.74) is 2.18. The molecule has 0 saturated heterocycles. The average Bonchev–Trinajstić information content (AvgIpc) is 3.15. The predicted molar refractivity (Wildman–Crippen MR) is 115 cm³/mol. The van der Waals surface area contributed by atoms with E-state index in [4.69, 9.17) is 0 Å². The molecular weight excluding hydrogens is 383 g/mol. The second-order valence-corrected chi connectivity index (χ2v) is 7.01. The Hall–Kier alpha value is -3.48. The highest BCUT2D eigenvalue weighted by molar-refractivity contribution is 5.94. The first-order valence-corrected chi connectivity index (χ1v) is 9.94. The van der Waals surface area contributed by atoms with E-state index in [-0.39, 0.29) is 24.2 Å². The highest BCUT2D eigenvalue weighted by Crippen LogP contribution is 2.25. The van der Waals surface area contributed by atoms with Crippen molar-refractivity contribution < 1.29 is 14.0 Å². The molecule has 0 aliphatic rings. The van der Waals surface area contributed by atoms with Crippen molar-refractivity contribution in [3.05, 3.63) is 66.5 Å². The number of unbranched alkanes of at least 4 members (excludes halogenated alkanes) is 1. The Kier molecular flexibility index (Phi) is 6.95. The number of hydrogen-bond acceptors (Lipinski definition) is 3. The summed E-state index contributed by atoms with van der Waals surface area (Å²) in [5.74, 6) is -0.364. The topological polar surface area (TPSA) is 67.2 Å². The second-order valence-electron chi connectivity index (χ2n) is 7.01. The minimum atomic E-state index is -0.354. The first-order chi connectivity index (χ1) is 14.5. The third-order valence-electron chi connectivity index (χ3n) is 4.68. The van der Waals surface area contributed by atoms with Gasteiger partial charge in [-0.1, -0.05) is 43.7 Å². The number of aromatic nitrogens is 2. The molecule has 0 aliphatic heterocycles. The lowest BCUT2D eigenvalue weighted by atomic mass is 10.1. The molecule has 0 aliphatic carbocycles. The Labute approximate surface area is 175 Å². The molecule has 6 nitrogen and oxygen atoms in total. The van der Waals surface area contributed by atoms with Crippen LogP contribution in [-0.2, 0) is 9.59 Å². The van der Waals surface area contributed by atoms with Gasteiger partial charge in [0.05, 0.1) is 17.9 Å². The molecule has 156 valence electrons. The van der Waals surface area contributed by atoms with E-state index in [9.17, 15) is 14.0 Å². The molecule has 1 heterocycles. The van der Waals surface area contributed by atoms with Crippen molar-refractivity contribution in [3.63, 3.8) is 0 Å². The third-order valence-corrected chi connectivity index (χ3v) is 4.68. The minimum Gasteiger partial charge on any atom is -0.334 e. The Bertz CT molecular complexity index is 1000. The zero-order chi connectivity index (χ0) is 21.5. The monoisotopic (exact) mass is 408 g/mol. The van der Waals surface area contributed by atoms with E-state index in [1.54, 1.807) is 22.9 Å². The molecule has 0 radical (unpaired) electrons. The summed E-state index contributed by atoms with van der Waals surface area (Å²) in [6, 6.07) is 17.2. The summed E-state index contributed by atoms with van der Waals surface area (Å²) in [6.45, 7) is 3.99. The molecule has 2 aromatic carbocycles. The van der Waals surface area contributed by atoms with Crippen molar-refractivity contribution in [2.45, 2.75) is 26.7 Å². The first-order valence-electron chi connectivity index (χ1n) is 9.94. The lowest BCUT2D eigenvalue weighted by Gasteiger charge is -2.20. The molecule has 2 amide bonds. The standard InChI is InChI=1S/C23H25FN4O2/c1-3-4-14-27(17(2)29)16-23(30)25-22-15-21(18-8-6-5-7-9-18)26-28(22)20-12-10-19(24)11-13-20/h5-13,15H,3-4,14,16H2,1-2H3,(H,25,30). The Morgan fingerprint density at radius 1 is 1.10 bits per heavy atom. The molecule has 30 heavy (non-hydrogen) atoms. The number of hydrogen-bond donors (Lipinski definition) is 1. The molecule has 7 heteroatoms. The van der Waals surface area contributed by atoms with Gasteiger partial charge in [0, 0.05) is 25.1 Å². The quantitative estimate of drug-likeness (QED) is 0.605. The van der Waals surface area contributed by atoms with E-state index < -0.39 is 0 Å². The number of anilines is 1. The number of nitrogens with zero attached hydrogens (tertiary/aromatic N) is 3. The van der Waals surface area contributed by atoms with Crippen LogP contribution in [0.2, 0.25) is 0 Å². The smallest absolute Gasteiger partial charge is 0.245 e. The van der Waals surface area contributed by atoms with Crippen molar-refractivity contribution in [3.8, 4) is 16.9 Å². The zero-order valence-corrected chi connectivity index (χ0v) is 17.1. The maximum atomic E-state index is 13.4. The van der Waals surface area contributed by atoms with E-state index in [0.29, 0.717) is 23.7 Å². The number of halogens is 1. The normalized spacial score (nSPS) is 10.6. The van der Waals surface area contributed by atoms with Crippen LogP contribution in [0.4, 0.5) is 10.2 Å². The van der Waals surface area contributed by atoms with Gasteiger partial charge in [0.2, 0.25) is 11.8 Å². The van der Waals surface area contributed by atoms with E-state index in [0.717, 1.165) is 18.4 Å². The fraction of sp³-hybridized carbons (Fsp3) is 0.261. The van der Waals surface area contributed by atoms with E-state index in [1.165, 1.54) is 24.0 Å². The van der Waals surface area contributed by atoms with Crippen LogP contribution in [0.3, 0.4) is 0 Å². The molecule has 0 bridgehead atoms. The Morgan fingerprint density at radius 2 is 1.80 bits per heavy atom. The maximum Gasteiger partial charge on any atom is 0.245 e. The number of carbonyl (C=O) groups is 2. The van der Waals surface area contributed by atoms with Crippen LogP contribution in [-0.4, -0.2) is 39.6 Å². The molecule has 0 saturated carbocycles. The molecule has 0 fully saturated rings. The molecule has 0 spiro atoms. The number of benzene rings is 2. The van der Waals surface area contributed by atoms with Crippen molar-refractivity contribution in [2.24, 2.45) is 0 Å². The zero-order valence-electron chi connectivity index (χ0n) is 17.1. The van der Waals surface area contributed by atoms with Gasteiger partial charge in [-0.25, -0.2) is 9.07 Å². The van der Waals surface area contributed by atoms with Gasteiger partial charge >= 0.3 is 0 Å². The number of nitrogens with one attached hydrogen (secondary N) is 1. The van der Waals surface area contributed by atoms with Crippen LogP contribution in [0.15, 0.2) is 60.7 Å². The van der Waals surface area contributed by atoms with Gasteiger partial charge in [-0.05, 0) is 30.7 Å². The predicted octanol–water partition coefficient (Wildman–Crippen LogP) is 4.27. The van der Waals surface area contributed by atoms with Gasteiger partial charge < -0.3 is 10.2 Å². The summed E-state index contributed by atoms with van der Waals surface area (Å²) in [4.78, 5) is 26.0. The molecule has 0 atom stereocenters. The number of carbonyl (C=O) groups excluding carboxylic acids is 2. The Balaban J connectivity index is 1.88. The summed E-state index contributed by atoms with van der Waals surface area (Å²) < 4.78 is 14.9. The van der Waals surface area contributed by atoms with E-state index in [2.05, 4.69) is 10.4 Å². The van der Waals surface area contributed by atoms with Crippen molar-refractivity contribution in [1.29, 1.82) is 0 Å². The van der Waals surface area contributed by atoms with Gasteiger partial charge in [0.1, 0.15) is 11.6 Å². The van der Waals surface area contributed by atoms with Crippen LogP contribution in [0.25, 0.3) is 16.9 Å². The fourth-order valence-corrected chi connectivity index (χ4v) is 3.05.